The lowest BCUT2D eigenvalue weighted by Gasteiger charge is -2.41. The average Bonchev–Trinajstić information content (AvgIpc) is 2.28. The lowest BCUT2D eigenvalue weighted by Crippen LogP contribution is -2.46. The summed E-state index contributed by atoms with van der Waals surface area (Å²) in [5, 5.41) is 18.1. The van der Waals surface area contributed by atoms with Crippen molar-refractivity contribution < 1.29 is 19.7 Å². The molecule has 1 rings (SSSR count). The molecule has 1 aliphatic carbocycles. The van der Waals surface area contributed by atoms with Gasteiger partial charge >= 0.3 is 5.97 Å². The van der Waals surface area contributed by atoms with Crippen molar-refractivity contribution >= 4 is 5.97 Å². The van der Waals surface area contributed by atoms with Crippen LogP contribution in [0.25, 0.3) is 0 Å². The molecule has 0 aliphatic heterocycles. The predicted octanol–water partition coefficient (Wildman–Crippen LogP) is 2.45. The fraction of sp³-hybridized carbons (Fsp3) is 0.929. The largest absolute Gasteiger partial charge is 0.479 e. The molecule has 0 atom stereocenters. The van der Waals surface area contributed by atoms with E-state index in [0.717, 1.165) is 12.8 Å². The molecule has 0 bridgehead atoms. The summed E-state index contributed by atoms with van der Waals surface area (Å²) in [5.74, 6) is -0.292. The van der Waals surface area contributed by atoms with E-state index in [1.54, 1.807) is 0 Å². The van der Waals surface area contributed by atoms with Crippen LogP contribution in [0, 0.1) is 11.3 Å². The van der Waals surface area contributed by atoms with Crippen LogP contribution in [0.15, 0.2) is 0 Å². The molecule has 0 amide bonds. The van der Waals surface area contributed by atoms with Crippen LogP contribution in [0.1, 0.15) is 52.9 Å². The lowest BCUT2D eigenvalue weighted by molar-refractivity contribution is -0.174. The molecule has 4 heteroatoms. The van der Waals surface area contributed by atoms with Crippen LogP contribution in [0.3, 0.4) is 0 Å². The zero-order valence-electron chi connectivity index (χ0n) is 11.7. The quantitative estimate of drug-likeness (QED) is 0.743. The van der Waals surface area contributed by atoms with E-state index in [2.05, 4.69) is 20.8 Å². The average molecular weight is 258 g/mol. The number of rotatable bonds is 5. The van der Waals surface area contributed by atoms with Gasteiger partial charge < -0.3 is 14.9 Å². The van der Waals surface area contributed by atoms with Crippen molar-refractivity contribution in [2.24, 2.45) is 11.3 Å². The number of hydrogen-bond donors (Lipinski definition) is 2. The SMILES string of the molecule is CC(C)(C)C1CCC(OCCCO)(C(=O)O)CC1. The number of carboxylic acids is 1. The summed E-state index contributed by atoms with van der Waals surface area (Å²) < 4.78 is 5.57. The van der Waals surface area contributed by atoms with Crippen LogP contribution >= 0.6 is 0 Å². The molecule has 0 spiro atoms. The van der Waals surface area contributed by atoms with Crippen molar-refractivity contribution in [1.82, 2.24) is 0 Å². The second-order valence-electron chi connectivity index (χ2n) is 6.37. The number of carboxylic acid groups (broad SMARTS) is 1. The van der Waals surface area contributed by atoms with Gasteiger partial charge in [0.15, 0.2) is 5.60 Å². The first-order valence-electron chi connectivity index (χ1n) is 6.80. The number of aliphatic hydroxyl groups excluding tert-OH is 1. The highest BCUT2D eigenvalue weighted by atomic mass is 16.5. The highest BCUT2D eigenvalue weighted by Crippen LogP contribution is 2.43. The van der Waals surface area contributed by atoms with E-state index in [0.29, 0.717) is 31.8 Å². The van der Waals surface area contributed by atoms with Crippen LogP contribution in [-0.2, 0) is 9.53 Å². The van der Waals surface area contributed by atoms with Gasteiger partial charge in [0.1, 0.15) is 0 Å². The van der Waals surface area contributed by atoms with Gasteiger partial charge in [-0.3, -0.25) is 0 Å². The van der Waals surface area contributed by atoms with Gasteiger partial charge in [0.05, 0.1) is 6.61 Å². The monoisotopic (exact) mass is 258 g/mol. The number of carbonyl (C=O) groups is 1. The number of aliphatic hydroxyl groups is 1. The predicted molar refractivity (Wildman–Crippen MR) is 69.4 cm³/mol. The molecule has 0 unspecified atom stereocenters. The molecule has 0 aromatic rings. The first-order valence-corrected chi connectivity index (χ1v) is 6.80. The van der Waals surface area contributed by atoms with Crippen LogP contribution in [0.4, 0.5) is 0 Å². The maximum atomic E-state index is 11.4. The normalized spacial score (nSPS) is 29.2. The molecule has 1 aliphatic rings. The Bertz CT molecular complexity index is 272. The Kier molecular flexibility index (Phi) is 5.17. The van der Waals surface area contributed by atoms with E-state index >= 15 is 0 Å². The Balaban J connectivity index is 2.60. The van der Waals surface area contributed by atoms with Crippen LogP contribution < -0.4 is 0 Å². The zero-order chi connectivity index (χ0) is 13.8. The molecular formula is C14H26O4. The highest BCUT2D eigenvalue weighted by Gasteiger charge is 2.44. The van der Waals surface area contributed by atoms with E-state index in [9.17, 15) is 9.90 Å². The molecule has 2 N–H and O–H groups in total. The fourth-order valence-corrected chi connectivity index (χ4v) is 2.70. The summed E-state index contributed by atoms with van der Waals surface area (Å²) in [5.41, 5.74) is -0.785. The van der Waals surface area contributed by atoms with Gasteiger partial charge in [-0.25, -0.2) is 4.79 Å². The molecule has 1 fully saturated rings. The maximum absolute atomic E-state index is 11.4. The summed E-state index contributed by atoms with van der Waals surface area (Å²) in [6, 6.07) is 0. The molecule has 0 aromatic carbocycles. The summed E-state index contributed by atoms with van der Waals surface area (Å²) in [4.78, 5) is 11.4. The number of hydrogen-bond acceptors (Lipinski definition) is 3. The molecule has 0 radical (unpaired) electrons. The van der Waals surface area contributed by atoms with Crippen LogP contribution in [0.5, 0.6) is 0 Å². The standard InChI is InChI=1S/C14H26O4/c1-13(2,3)11-5-7-14(8-6-11,12(16)17)18-10-4-9-15/h11,15H,4-10H2,1-3H3,(H,16,17). The zero-order valence-corrected chi connectivity index (χ0v) is 11.7. The molecule has 1 saturated carbocycles. The van der Waals surface area contributed by atoms with Crippen LogP contribution in [0.2, 0.25) is 0 Å². The van der Waals surface area contributed by atoms with Crippen molar-refractivity contribution in [3.63, 3.8) is 0 Å². The fourth-order valence-electron chi connectivity index (χ4n) is 2.70. The Labute approximate surface area is 109 Å². The summed E-state index contributed by atoms with van der Waals surface area (Å²) >= 11 is 0. The summed E-state index contributed by atoms with van der Waals surface area (Å²) in [6.07, 6.45) is 3.45. The summed E-state index contributed by atoms with van der Waals surface area (Å²) in [6.45, 7) is 6.98. The molecule has 106 valence electrons. The summed E-state index contributed by atoms with van der Waals surface area (Å²) in [7, 11) is 0. The number of aliphatic carboxylic acids is 1. The molecule has 0 saturated heterocycles. The van der Waals surface area contributed by atoms with Gasteiger partial charge in [0.2, 0.25) is 0 Å². The van der Waals surface area contributed by atoms with Gasteiger partial charge in [-0.2, -0.15) is 0 Å². The van der Waals surface area contributed by atoms with Crippen molar-refractivity contribution in [1.29, 1.82) is 0 Å². The molecular weight excluding hydrogens is 232 g/mol. The molecule has 4 nitrogen and oxygen atoms in total. The van der Waals surface area contributed by atoms with Crippen molar-refractivity contribution in [3.8, 4) is 0 Å². The topological polar surface area (TPSA) is 66.8 Å². The molecule has 0 aromatic heterocycles. The maximum Gasteiger partial charge on any atom is 0.335 e. The minimum Gasteiger partial charge on any atom is -0.479 e. The third kappa shape index (κ3) is 3.69. The molecule has 0 heterocycles. The van der Waals surface area contributed by atoms with Gasteiger partial charge in [-0.1, -0.05) is 20.8 Å². The van der Waals surface area contributed by atoms with Crippen molar-refractivity contribution in [2.75, 3.05) is 13.2 Å². The van der Waals surface area contributed by atoms with Gasteiger partial charge in [-0.05, 0) is 43.4 Å². The minimum atomic E-state index is -1.02. The highest BCUT2D eigenvalue weighted by molar-refractivity contribution is 5.77. The van der Waals surface area contributed by atoms with E-state index in [1.165, 1.54) is 0 Å². The Morgan fingerprint density at radius 2 is 1.89 bits per heavy atom. The number of ether oxygens (including phenoxy) is 1. The second-order valence-corrected chi connectivity index (χ2v) is 6.37. The Hall–Kier alpha value is -0.610. The first-order chi connectivity index (χ1) is 8.32. The van der Waals surface area contributed by atoms with Gasteiger partial charge in [0, 0.05) is 6.61 Å². The van der Waals surface area contributed by atoms with Crippen LogP contribution in [-0.4, -0.2) is 35.0 Å². The lowest BCUT2D eigenvalue weighted by atomic mass is 9.68. The Morgan fingerprint density at radius 3 is 2.28 bits per heavy atom. The van der Waals surface area contributed by atoms with Gasteiger partial charge in [-0.15, -0.1) is 0 Å². The minimum absolute atomic E-state index is 0.0420. The van der Waals surface area contributed by atoms with Crippen molar-refractivity contribution in [3.05, 3.63) is 0 Å². The van der Waals surface area contributed by atoms with E-state index in [-0.39, 0.29) is 12.0 Å². The third-order valence-corrected chi connectivity index (χ3v) is 4.09. The third-order valence-electron chi connectivity index (χ3n) is 4.09. The smallest absolute Gasteiger partial charge is 0.335 e. The van der Waals surface area contributed by atoms with Crippen molar-refractivity contribution in [2.45, 2.75) is 58.5 Å². The first kappa shape index (κ1) is 15.4. The van der Waals surface area contributed by atoms with E-state index in [4.69, 9.17) is 9.84 Å². The van der Waals surface area contributed by atoms with E-state index in [1.807, 2.05) is 0 Å². The Morgan fingerprint density at radius 1 is 1.33 bits per heavy atom. The molecule has 18 heavy (non-hydrogen) atoms. The van der Waals surface area contributed by atoms with E-state index < -0.39 is 11.6 Å². The second kappa shape index (κ2) is 6.02. The van der Waals surface area contributed by atoms with Gasteiger partial charge in [0.25, 0.3) is 0 Å².